The van der Waals surface area contributed by atoms with E-state index < -0.39 is 0 Å². The van der Waals surface area contributed by atoms with Crippen LogP contribution in [0.25, 0.3) is 22.4 Å². The summed E-state index contributed by atoms with van der Waals surface area (Å²) in [4.78, 5) is 4.24. The third-order valence-electron chi connectivity index (χ3n) is 2.00. The van der Waals surface area contributed by atoms with Crippen LogP contribution in [-0.2, 0) is 0 Å². The van der Waals surface area contributed by atoms with E-state index in [1.807, 2.05) is 29.8 Å². The predicted octanol–water partition coefficient (Wildman–Crippen LogP) is 3.58. The fraction of sp³-hybridized carbons (Fsp3) is 0. The average Bonchev–Trinajstić information content (AvgIpc) is 2.63. The van der Waals surface area contributed by atoms with Crippen LogP contribution in [0.15, 0.2) is 30.8 Å². The normalized spacial score (nSPS) is 10.2. The first-order valence-electron chi connectivity index (χ1n) is 3.98. The SMILES string of the molecule is C=Cc1ccc2ncsc2c1C=C. The van der Waals surface area contributed by atoms with Crippen LogP contribution < -0.4 is 0 Å². The molecule has 0 radical (unpaired) electrons. The Kier molecular flexibility index (Phi) is 1.99. The van der Waals surface area contributed by atoms with E-state index >= 15 is 0 Å². The summed E-state index contributed by atoms with van der Waals surface area (Å²) >= 11 is 1.64. The van der Waals surface area contributed by atoms with Crippen LogP contribution in [0.2, 0.25) is 0 Å². The molecule has 0 amide bonds. The molecule has 0 N–H and O–H groups in total. The van der Waals surface area contributed by atoms with Crippen molar-refractivity contribution in [2.45, 2.75) is 0 Å². The molecule has 0 fully saturated rings. The molecule has 1 nitrogen and oxygen atoms in total. The van der Waals surface area contributed by atoms with Gasteiger partial charge in [0.05, 0.1) is 15.7 Å². The van der Waals surface area contributed by atoms with E-state index in [9.17, 15) is 0 Å². The third-order valence-corrected chi connectivity index (χ3v) is 2.87. The zero-order chi connectivity index (χ0) is 9.26. The molecule has 1 heterocycles. The Labute approximate surface area is 81.1 Å². The highest BCUT2D eigenvalue weighted by Crippen LogP contribution is 2.26. The van der Waals surface area contributed by atoms with Crippen molar-refractivity contribution < 1.29 is 0 Å². The maximum atomic E-state index is 4.24. The Morgan fingerprint density at radius 3 is 2.77 bits per heavy atom. The fourth-order valence-electron chi connectivity index (χ4n) is 1.35. The van der Waals surface area contributed by atoms with E-state index in [4.69, 9.17) is 0 Å². The molecule has 2 heteroatoms. The summed E-state index contributed by atoms with van der Waals surface area (Å²) in [5, 5.41) is 0. The largest absolute Gasteiger partial charge is 0.245 e. The predicted molar refractivity (Wildman–Crippen MR) is 59.8 cm³/mol. The zero-order valence-electron chi connectivity index (χ0n) is 7.16. The Bertz CT molecular complexity index is 468. The Hall–Kier alpha value is -1.41. The molecule has 0 atom stereocenters. The van der Waals surface area contributed by atoms with Gasteiger partial charge in [-0.25, -0.2) is 4.98 Å². The molecule has 1 aromatic carbocycles. The lowest BCUT2D eigenvalue weighted by molar-refractivity contribution is 1.49. The third kappa shape index (κ3) is 1.19. The van der Waals surface area contributed by atoms with Crippen molar-refractivity contribution in [1.29, 1.82) is 0 Å². The van der Waals surface area contributed by atoms with E-state index in [2.05, 4.69) is 18.1 Å². The first-order chi connectivity index (χ1) is 6.36. The molecule has 2 aromatic rings. The quantitative estimate of drug-likeness (QED) is 0.700. The van der Waals surface area contributed by atoms with Crippen LogP contribution in [0.1, 0.15) is 11.1 Å². The van der Waals surface area contributed by atoms with Crippen molar-refractivity contribution in [3.8, 4) is 0 Å². The number of nitrogens with zero attached hydrogens (tertiary/aromatic N) is 1. The second-order valence-corrected chi connectivity index (χ2v) is 3.53. The number of benzene rings is 1. The fourth-order valence-corrected chi connectivity index (χ4v) is 2.19. The summed E-state index contributed by atoms with van der Waals surface area (Å²) in [7, 11) is 0. The van der Waals surface area contributed by atoms with Gasteiger partial charge in [0.25, 0.3) is 0 Å². The van der Waals surface area contributed by atoms with E-state index in [1.54, 1.807) is 11.3 Å². The first kappa shape index (κ1) is 8.20. The molecule has 0 aliphatic carbocycles. The van der Waals surface area contributed by atoms with Crippen molar-refractivity contribution in [1.82, 2.24) is 4.98 Å². The van der Waals surface area contributed by atoms with Crippen LogP contribution in [0, 0.1) is 0 Å². The van der Waals surface area contributed by atoms with E-state index in [0.717, 1.165) is 16.6 Å². The molecule has 64 valence electrons. The van der Waals surface area contributed by atoms with Crippen molar-refractivity contribution in [2.24, 2.45) is 0 Å². The van der Waals surface area contributed by atoms with Crippen molar-refractivity contribution in [3.63, 3.8) is 0 Å². The number of thiazole rings is 1. The summed E-state index contributed by atoms with van der Waals surface area (Å²) in [6, 6.07) is 4.03. The van der Waals surface area contributed by atoms with Crippen LogP contribution in [0.5, 0.6) is 0 Å². The lowest BCUT2D eigenvalue weighted by Gasteiger charge is -2.00. The summed E-state index contributed by atoms with van der Waals surface area (Å²) in [6.45, 7) is 7.57. The van der Waals surface area contributed by atoms with Crippen molar-refractivity contribution in [2.75, 3.05) is 0 Å². The van der Waals surface area contributed by atoms with Gasteiger partial charge in [-0.3, -0.25) is 0 Å². The smallest absolute Gasteiger partial charge is 0.0818 e. The molecular formula is C11H9NS. The minimum absolute atomic E-state index is 1.03. The highest BCUT2D eigenvalue weighted by atomic mass is 32.1. The molecule has 0 aliphatic heterocycles. The Balaban J connectivity index is 2.89. The number of hydrogen-bond acceptors (Lipinski definition) is 2. The second-order valence-electron chi connectivity index (χ2n) is 2.68. The van der Waals surface area contributed by atoms with Crippen molar-refractivity contribution >= 4 is 33.7 Å². The molecule has 2 rings (SSSR count). The van der Waals surface area contributed by atoms with Gasteiger partial charge < -0.3 is 0 Å². The van der Waals surface area contributed by atoms with E-state index in [0.29, 0.717) is 0 Å². The highest BCUT2D eigenvalue weighted by molar-refractivity contribution is 7.17. The molecule has 13 heavy (non-hydrogen) atoms. The van der Waals surface area contributed by atoms with Gasteiger partial charge >= 0.3 is 0 Å². The minimum atomic E-state index is 1.03. The zero-order valence-corrected chi connectivity index (χ0v) is 7.97. The molecule has 0 spiro atoms. The summed E-state index contributed by atoms with van der Waals surface area (Å²) in [5.74, 6) is 0. The minimum Gasteiger partial charge on any atom is -0.245 e. The Morgan fingerprint density at radius 1 is 1.23 bits per heavy atom. The second kappa shape index (κ2) is 3.15. The van der Waals surface area contributed by atoms with E-state index in [-0.39, 0.29) is 0 Å². The Morgan fingerprint density at radius 2 is 2.08 bits per heavy atom. The van der Waals surface area contributed by atoms with Crippen LogP contribution in [0.3, 0.4) is 0 Å². The summed E-state index contributed by atoms with van der Waals surface area (Å²) < 4.78 is 1.19. The monoisotopic (exact) mass is 187 g/mol. The molecule has 0 unspecified atom stereocenters. The maximum absolute atomic E-state index is 4.24. The average molecular weight is 187 g/mol. The number of aromatic nitrogens is 1. The highest BCUT2D eigenvalue weighted by Gasteiger charge is 2.03. The van der Waals surface area contributed by atoms with Crippen LogP contribution >= 0.6 is 11.3 Å². The van der Waals surface area contributed by atoms with E-state index in [1.165, 1.54) is 4.70 Å². The van der Waals surface area contributed by atoms with Gasteiger partial charge in [0.2, 0.25) is 0 Å². The maximum Gasteiger partial charge on any atom is 0.0818 e. The summed E-state index contributed by atoms with van der Waals surface area (Å²) in [6.07, 6.45) is 3.70. The molecule has 0 aliphatic rings. The molecule has 1 aromatic heterocycles. The molecular weight excluding hydrogens is 178 g/mol. The van der Waals surface area contributed by atoms with Crippen LogP contribution in [-0.4, -0.2) is 4.98 Å². The van der Waals surface area contributed by atoms with Gasteiger partial charge in [-0.1, -0.05) is 31.4 Å². The van der Waals surface area contributed by atoms with Gasteiger partial charge in [-0.2, -0.15) is 0 Å². The molecule has 0 bridgehead atoms. The van der Waals surface area contributed by atoms with Gasteiger partial charge in [-0.05, 0) is 11.6 Å². The topological polar surface area (TPSA) is 12.9 Å². The summed E-state index contributed by atoms with van der Waals surface area (Å²) in [5.41, 5.74) is 5.14. The van der Waals surface area contributed by atoms with Gasteiger partial charge in [0.15, 0.2) is 0 Å². The van der Waals surface area contributed by atoms with Gasteiger partial charge in [-0.15, -0.1) is 11.3 Å². The number of hydrogen-bond donors (Lipinski definition) is 0. The van der Waals surface area contributed by atoms with Crippen molar-refractivity contribution in [3.05, 3.63) is 41.9 Å². The number of fused-ring (bicyclic) bond motifs is 1. The van der Waals surface area contributed by atoms with Crippen LogP contribution in [0.4, 0.5) is 0 Å². The van der Waals surface area contributed by atoms with Gasteiger partial charge in [0.1, 0.15) is 0 Å². The lowest BCUT2D eigenvalue weighted by atomic mass is 10.1. The standard InChI is InChI=1S/C11H9NS/c1-3-8-5-6-10-11(9(8)4-2)13-7-12-10/h3-7H,1-2H2. The number of rotatable bonds is 2. The molecule has 0 saturated carbocycles. The molecule has 0 saturated heterocycles. The lowest BCUT2D eigenvalue weighted by Crippen LogP contribution is -1.80. The first-order valence-corrected chi connectivity index (χ1v) is 4.86. The van der Waals surface area contributed by atoms with Gasteiger partial charge in [0, 0.05) is 5.56 Å².